The van der Waals surface area contributed by atoms with Crippen molar-refractivity contribution in [2.45, 2.75) is 52.7 Å². The molecule has 20 heavy (non-hydrogen) atoms. The molecule has 1 unspecified atom stereocenters. The van der Waals surface area contributed by atoms with Gasteiger partial charge in [-0.3, -0.25) is 0 Å². The first-order chi connectivity index (χ1) is 9.38. The summed E-state index contributed by atoms with van der Waals surface area (Å²) in [4.78, 5) is 0. The standard InChI is InChI=1S/C18H27NO/c1-17(2)16(18(17,3)4)15(19-5)12-7-6-8-14(11-12)20-13-9-10-13/h6-8,11,13,15-16,19H,9-10H2,1-5H3. The zero-order chi connectivity index (χ0) is 14.5. The molecule has 0 aliphatic heterocycles. The van der Waals surface area contributed by atoms with Gasteiger partial charge in [-0.05, 0) is 54.3 Å². The van der Waals surface area contributed by atoms with E-state index >= 15 is 0 Å². The van der Waals surface area contributed by atoms with Crippen LogP contribution in [0.4, 0.5) is 0 Å². The third-order valence-corrected chi connectivity index (χ3v) is 5.82. The van der Waals surface area contributed by atoms with Crippen molar-refractivity contribution in [3.63, 3.8) is 0 Å². The van der Waals surface area contributed by atoms with Crippen molar-refractivity contribution in [1.29, 1.82) is 0 Å². The van der Waals surface area contributed by atoms with Gasteiger partial charge in [0, 0.05) is 6.04 Å². The minimum Gasteiger partial charge on any atom is -0.490 e. The van der Waals surface area contributed by atoms with Crippen LogP contribution in [0.5, 0.6) is 5.75 Å². The highest BCUT2D eigenvalue weighted by atomic mass is 16.5. The zero-order valence-electron chi connectivity index (χ0n) is 13.4. The average Bonchev–Trinajstić information content (AvgIpc) is 3.25. The normalized spacial score (nSPS) is 25.2. The molecule has 0 heterocycles. The van der Waals surface area contributed by atoms with Crippen LogP contribution >= 0.6 is 0 Å². The maximum atomic E-state index is 5.94. The van der Waals surface area contributed by atoms with Crippen LogP contribution in [-0.4, -0.2) is 13.2 Å². The molecule has 1 N–H and O–H groups in total. The summed E-state index contributed by atoms with van der Waals surface area (Å²) in [5.74, 6) is 1.69. The number of rotatable bonds is 5. The Balaban J connectivity index is 1.83. The van der Waals surface area contributed by atoms with E-state index in [-0.39, 0.29) is 0 Å². The Morgan fingerprint density at radius 3 is 2.30 bits per heavy atom. The monoisotopic (exact) mass is 273 g/mol. The lowest BCUT2D eigenvalue weighted by atomic mass is 9.96. The van der Waals surface area contributed by atoms with Crippen LogP contribution in [0.3, 0.4) is 0 Å². The van der Waals surface area contributed by atoms with Gasteiger partial charge in [-0.2, -0.15) is 0 Å². The lowest BCUT2D eigenvalue weighted by Gasteiger charge is -2.20. The largest absolute Gasteiger partial charge is 0.490 e. The van der Waals surface area contributed by atoms with Crippen molar-refractivity contribution in [3.05, 3.63) is 29.8 Å². The van der Waals surface area contributed by atoms with E-state index in [9.17, 15) is 0 Å². The lowest BCUT2D eigenvalue weighted by molar-refractivity contribution is 0.302. The Morgan fingerprint density at radius 1 is 1.15 bits per heavy atom. The predicted octanol–water partition coefficient (Wildman–Crippen LogP) is 4.17. The second-order valence-corrected chi connectivity index (χ2v) is 7.58. The molecule has 2 saturated carbocycles. The van der Waals surface area contributed by atoms with Gasteiger partial charge < -0.3 is 10.1 Å². The highest BCUT2D eigenvalue weighted by Gasteiger charge is 2.67. The number of benzene rings is 1. The quantitative estimate of drug-likeness (QED) is 0.869. The van der Waals surface area contributed by atoms with Crippen LogP contribution < -0.4 is 10.1 Å². The molecule has 0 aromatic heterocycles. The second kappa shape index (κ2) is 4.49. The number of hydrogen-bond acceptors (Lipinski definition) is 2. The summed E-state index contributed by atoms with van der Waals surface area (Å²) in [6.07, 6.45) is 2.89. The molecule has 0 amide bonds. The highest BCUT2D eigenvalue weighted by Crippen LogP contribution is 2.72. The summed E-state index contributed by atoms with van der Waals surface area (Å²) >= 11 is 0. The molecule has 110 valence electrons. The van der Waals surface area contributed by atoms with Gasteiger partial charge in [0.15, 0.2) is 0 Å². The molecule has 2 fully saturated rings. The summed E-state index contributed by atoms with van der Waals surface area (Å²) in [7, 11) is 2.07. The summed E-state index contributed by atoms with van der Waals surface area (Å²) in [6.45, 7) is 9.53. The van der Waals surface area contributed by atoms with Crippen LogP contribution in [0, 0.1) is 16.7 Å². The molecule has 2 heteroatoms. The predicted molar refractivity (Wildman–Crippen MR) is 82.9 cm³/mol. The molecular formula is C18H27NO. The molecule has 0 saturated heterocycles. The molecule has 2 aliphatic rings. The van der Waals surface area contributed by atoms with E-state index in [1.54, 1.807) is 0 Å². The third-order valence-electron chi connectivity index (χ3n) is 5.82. The number of nitrogens with one attached hydrogen (secondary N) is 1. The van der Waals surface area contributed by atoms with E-state index in [4.69, 9.17) is 4.74 Å². The topological polar surface area (TPSA) is 21.3 Å². The maximum Gasteiger partial charge on any atom is 0.120 e. The average molecular weight is 273 g/mol. The highest BCUT2D eigenvalue weighted by molar-refractivity contribution is 5.34. The van der Waals surface area contributed by atoms with Crippen LogP contribution in [0.2, 0.25) is 0 Å². The van der Waals surface area contributed by atoms with Crippen molar-refractivity contribution in [2.75, 3.05) is 7.05 Å². The Bertz CT molecular complexity index is 488. The molecule has 3 rings (SSSR count). The SMILES string of the molecule is CNC(c1cccc(OC2CC2)c1)C1C(C)(C)C1(C)C. The summed E-state index contributed by atoms with van der Waals surface area (Å²) < 4.78 is 5.94. The van der Waals surface area contributed by atoms with Crippen LogP contribution in [0.25, 0.3) is 0 Å². The van der Waals surface area contributed by atoms with Gasteiger partial charge in [-0.15, -0.1) is 0 Å². The number of ether oxygens (including phenoxy) is 1. The Labute approximate surface area is 122 Å². The molecule has 2 nitrogen and oxygen atoms in total. The lowest BCUT2D eigenvalue weighted by Crippen LogP contribution is -2.21. The van der Waals surface area contributed by atoms with Gasteiger partial charge in [-0.25, -0.2) is 0 Å². The van der Waals surface area contributed by atoms with E-state index < -0.39 is 0 Å². The fourth-order valence-corrected chi connectivity index (χ4v) is 3.77. The first kappa shape index (κ1) is 13.9. The summed E-state index contributed by atoms with van der Waals surface area (Å²) in [5.41, 5.74) is 2.12. The maximum absolute atomic E-state index is 5.94. The minimum absolute atomic E-state index is 0.383. The van der Waals surface area contributed by atoms with Crippen LogP contribution in [0.15, 0.2) is 24.3 Å². The smallest absolute Gasteiger partial charge is 0.120 e. The molecule has 2 aliphatic carbocycles. The Morgan fingerprint density at radius 2 is 1.80 bits per heavy atom. The van der Waals surface area contributed by atoms with Crippen molar-refractivity contribution in [1.82, 2.24) is 5.32 Å². The van der Waals surface area contributed by atoms with Gasteiger partial charge in [0.25, 0.3) is 0 Å². The molecular weight excluding hydrogens is 246 g/mol. The molecule has 1 atom stereocenters. The van der Waals surface area contributed by atoms with Gasteiger partial charge >= 0.3 is 0 Å². The summed E-state index contributed by atoms with van der Waals surface area (Å²) in [5, 5.41) is 3.53. The fraction of sp³-hybridized carbons (Fsp3) is 0.667. The first-order valence-corrected chi connectivity index (χ1v) is 7.82. The Hall–Kier alpha value is -1.02. The first-order valence-electron chi connectivity index (χ1n) is 7.82. The third kappa shape index (κ3) is 2.14. The van der Waals surface area contributed by atoms with Crippen LogP contribution in [-0.2, 0) is 0 Å². The fourth-order valence-electron chi connectivity index (χ4n) is 3.77. The number of hydrogen-bond donors (Lipinski definition) is 1. The van der Waals surface area contributed by atoms with Gasteiger partial charge in [0.05, 0.1) is 6.10 Å². The summed E-state index contributed by atoms with van der Waals surface area (Å²) in [6, 6.07) is 9.06. The van der Waals surface area contributed by atoms with Crippen molar-refractivity contribution in [3.8, 4) is 5.75 Å². The van der Waals surface area contributed by atoms with Gasteiger partial charge in [0.2, 0.25) is 0 Å². The Kier molecular flexibility index (Phi) is 3.13. The molecule has 0 spiro atoms. The van der Waals surface area contributed by atoms with E-state index in [0.29, 0.717) is 28.9 Å². The minimum atomic E-state index is 0.383. The molecule has 1 aromatic rings. The van der Waals surface area contributed by atoms with E-state index in [2.05, 4.69) is 64.3 Å². The van der Waals surface area contributed by atoms with E-state index in [1.165, 1.54) is 18.4 Å². The van der Waals surface area contributed by atoms with Crippen molar-refractivity contribution < 1.29 is 4.74 Å². The zero-order valence-corrected chi connectivity index (χ0v) is 13.4. The van der Waals surface area contributed by atoms with Crippen molar-refractivity contribution >= 4 is 0 Å². The van der Waals surface area contributed by atoms with Gasteiger partial charge in [0.1, 0.15) is 5.75 Å². The van der Waals surface area contributed by atoms with Crippen LogP contribution in [0.1, 0.15) is 52.1 Å². The van der Waals surface area contributed by atoms with Gasteiger partial charge in [-0.1, -0.05) is 39.8 Å². The molecule has 0 bridgehead atoms. The molecule has 0 radical (unpaired) electrons. The molecule has 1 aromatic carbocycles. The van der Waals surface area contributed by atoms with E-state index in [0.717, 1.165) is 5.75 Å². The second-order valence-electron chi connectivity index (χ2n) is 7.58. The van der Waals surface area contributed by atoms with E-state index in [1.807, 2.05) is 0 Å². The van der Waals surface area contributed by atoms with Crippen molar-refractivity contribution in [2.24, 2.45) is 16.7 Å².